The predicted octanol–water partition coefficient (Wildman–Crippen LogP) is 4.38. The summed E-state index contributed by atoms with van der Waals surface area (Å²) in [4.78, 5) is 16.1. The average Bonchev–Trinajstić information content (AvgIpc) is 3.21. The van der Waals surface area contributed by atoms with Crippen molar-refractivity contribution in [1.82, 2.24) is 10.3 Å². The number of methoxy groups -OCH3 is 1. The molecule has 0 fully saturated rings. The first-order valence-electron chi connectivity index (χ1n) is 9.54. The van der Waals surface area contributed by atoms with Gasteiger partial charge in [-0.15, -0.1) is 0 Å². The molecule has 2 aromatic carbocycles. The molecule has 6 nitrogen and oxygen atoms in total. The summed E-state index contributed by atoms with van der Waals surface area (Å²) in [6.07, 6.45) is 2.24. The van der Waals surface area contributed by atoms with E-state index in [1.165, 1.54) is 31.5 Å². The molecular formula is C22H21F3N2O4. The first kappa shape index (κ1) is 22.2. The molecule has 0 atom stereocenters. The minimum Gasteiger partial charge on any atom is -0.493 e. The lowest BCUT2D eigenvalue weighted by Gasteiger charge is -2.11. The fourth-order valence-corrected chi connectivity index (χ4v) is 2.93. The summed E-state index contributed by atoms with van der Waals surface area (Å²) in [5.41, 5.74) is 1.01. The van der Waals surface area contributed by atoms with E-state index in [-0.39, 0.29) is 30.2 Å². The van der Waals surface area contributed by atoms with E-state index in [2.05, 4.69) is 15.0 Å². The van der Waals surface area contributed by atoms with Crippen LogP contribution in [0.2, 0.25) is 0 Å². The Kier molecular flexibility index (Phi) is 7.53. The maximum Gasteiger partial charge on any atom is 0.387 e. The summed E-state index contributed by atoms with van der Waals surface area (Å²) >= 11 is 0. The Morgan fingerprint density at radius 3 is 2.71 bits per heavy atom. The average molecular weight is 434 g/mol. The summed E-state index contributed by atoms with van der Waals surface area (Å²) in [6.45, 7) is -2.65. The van der Waals surface area contributed by atoms with Gasteiger partial charge in [0.05, 0.1) is 18.9 Å². The van der Waals surface area contributed by atoms with Crippen molar-refractivity contribution in [2.45, 2.75) is 25.9 Å². The molecule has 1 heterocycles. The van der Waals surface area contributed by atoms with Gasteiger partial charge in [-0.25, -0.2) is 9.37 Å². The first-order valence-corrected chi connectivity index (χ1v) is 9.54. The van der Waals surface area contributed by atoms with Crippen molar-refractivity contribution in [2.75, 3.05) is 13.7 Å². The molecule has 1 amide bonds. The normalized spacial score (nSPS) is 10.9. The molecule has 3 aromatic rings. The van der Waals surface area contributed by atoms with Gasteiger partial charge in [-0.3, -0.25) is 4.79 Å². The van der Waals surface area contributed by atoms with E-state index in [0.29, 0.717) is 35.7 Å². The number of benzene rings is 2. The monoisotopic (exact) mass is 434 g/mol. The van der Waals surface area contributed by atoms with Gasteiger partial charge in [0.2, 0.25) is 5.91 Å². The SMILES string of the molecule is COc1ccc(CCNC(=O)CCc2ncc(-c3ccccc3F)o2)cc1OC(F)F. The second-order valence-electron chi connectivity index (χ2n) is 6.56. The summed E-state index contributed by atoms with van der Waals surface area (Å²) < 4.78 is 53.8. The van der Waals surface area contributed by atoms with E-state index in [9.17, 15) is 18.0 Å². The molecule has 0 radical (unpaired) electrons. The number of carbonyl (C=O) groups is 1. The molecule has 0 unspecified atom stereocenters. The largest absolute Gasteiger partial charge is 0.493 e. The van der Waals surface area contributed by atoms with Crippen molar-refractivity contribution >= 4 is 5.91 Å². The van der Waals surface area contributed by atoms with Crippen LogP contribution in [0.4, 0.5) is 13.2 Å². The minimum absolute atomic E-state index is 0.0594. The smallest absolute Gasteiger partial charge is 0.387 e. The van der Waals surface area contributed by atoms with Crippen LogP contribution >= 0.6 is 0 Å². The second-order valence-corrected chi connectivity index (χ2v) is 6.56. The maximum atomic E-state index is 13.8. The highest BCUT2D eigenvalue weighted by atomic mass is 19.3. The van der Waals surface area contributed by atoms with Crippen LogP contribution in [0.1, 0.15) is 17.9 Å². The zero-order valence-electron chi connectivity index (χ0n) is 16.7. The van der Waals surface area contributed by atoms with Gasteiger partial charge in [0.1, 0.15) is 5.82 Å². The van der Waals surface area contributed by atoms with E-state index in [0.717, 1.165) is 0 Å². The number of nitrogens with zero attached hydrogens (tertiary/aromatic N) is 1. The van der Waals surface area contributed by atoms with E-state index in [1.807, 2.05) is 0 Å². The van der Waals surface area contributed by atoms with Crippen LogP contribution < -0.4 is 14.8 Å². The summed E-state index contributed by atoms with van der Waals surface area (Å²) in [7, 11) is 1.36. The molecule has 0 saturated heterocycles. The van der Waals surface area contributed by atoms with Gasteiger partial charge in [0.25, 0.3) is 0 Å². The van der Waals surface area contributed by atoms with Crippen molar-refractivity contribution < 1.29 is 31.9 Å². The van der Waals surface area contributed by atoms with Crippen LogP contribution in [0.5, 0.6) is 11.5 Å². The maximum absolute atomic E-state index is 13.8. The number of hydrogen-bond donors (Lipinski definition) is 1. The lowest BCUT2D eigenvalue weighted by Crippen LogP contribution is -2.25. The molecule has 0 aliphatic heterocycles. The highest BCUT2D eigenvalue weighted by Crippen LogP contribution is 2.29. The Balaban J connectivity index is 1.46. The third-order valence-electron chi connectivity index (χ3n) is 4.44. The van der Waals surface area contributed by atoms with Crippen molar-refractivity contribution in [1.29, 1.82) is 0 Å². The molecule has 164 valence electrons. The van der Waals surface area contributed by atoms with Crippen molar-refractivity contribution in [3.63, 3.8) is 0 Å². The van der Waals surface area contributed by atoms with Gasteiger partial charge in [-0.05, 0) is 36.2 Å². The van der Waals surface area contributed by atoms with Crippen LogP contribution in [0, 0.1) is 5.82 Å². The fourth-order valence-electron chi connectivity index (χ4n) is 2.93. The number of alkyl halides is 2. The molecule has 0 saturated carbocycles. The van der Waals surface area contributed by atoms with Gasteiger partial charge in [-0.1, -0.05) is 18.2 Å². The van der Waals surface area contributed by atoms with Crippen molar-refractivity contribution in [3.05, 3.63) is 65.9 Å². The molecule has 1 aromatic heterocycles. The zero-order chi connectivity index (χ0) is 22.2. The van der Waals surface area contributed by atoms with Gasteiger partial charge < -0.3 is 19.2 Å². The second kappa shape index (κ2) is 10.5. The quantitative estimate of drug-likeness (QED) is 0.513. The number of ether oxygens (including phenoxy) is 2. The topological polar surface area (TPSA) is 73.6 Å². The summed E-state index contributed by atoms with van der Waals surface area (Å²) in [6, 6.07) is 10.9. The summed E-state index contributed by atoms with van der Waals surface area (Å²) in [5, 5.41) is 2.75. The van der Waals surface area contributed by atoms with E-state index < -0.39 is 12.4 Å². The Morgan fingerprint density at radius 1 is 1.16 bits per heavy atom. The molecule has 0 aliphatic carbocycles. The Bertz CT molecular complexity index is 1020. The fraction of sp³-hybridized carbons (Fsp3) is 0.273. The van der Waals surface area contributed by atoms with Gasteiger partial charge in [-0.2, -0.15) is 8.78 Å². The number of rotatable bonds is 10. The Morgan fingerprint density at radius 2 is 1.97 bits per heavy atom. The summed E-state index contributed by atoms with van der Waals surface area (Å²) in [5.74, 6) is 0.142. The van der Waals surface area contributed by atoms with Crippen molar-refractivity contribution in [3.8, 4) is 22.8 Å². The number of oxazole rings is 1. The third-order valence-corrected chi connectivity index (χ3v) is 4.44. The highest BCUT2D eigenvalue weighted by Gasteiger charge is 2.13. The van der Waals surface area contributed by atoms with Crippen LogP contribution in [-0.2, 0) is 17.6 Å². The number of aromatic nitrogens is 1. The van der Waals surface area contributed by atoms with Gasteiger partial charge in [0.15, 0.2) is 23.1 Å². The highest BCUT2D eigenvalue weighted by molar-refractivity contribution is 5.76. The molecule has 3 rings (SSSR count). The Hall–Kier alpha value is -3.49. The number of hydrogen-bond acceptors (Lipinski definition) is 5. The number of aryl methyl sites for hydroxylation is 1. The lowest BCUT2D eigenvalue weighted by molar-refractivity contribution is -0.121. The molecular weight excluding hydrogens is 413 g/mol. The number of nitrogens with one attached hydrogen (secondary N) is 1. The Labute approximate surface area is 177 Å². The zero-order valence-corrected chi connectivity index (χ0v) is 16.7. The van der Waals surface area contributed by atoms with Gasteiger partial charge in [0, 0.05) is 19.4 Å². The van der Waals surface area contributed by atoms with Crippen molar-refractivity contribution in [2.24, 2.45) is 0 Å². The van der Waals surface area contributed by atoms with E-state index in [1.54, 1.807) is 24.3 Å². The number of halogens is 3. The molecule has 0 aliphatic rings. The van der Waals surface area contributed by atoms with Crippen LogP contribution in [0.25, 0.3) is 11.3 Å². The molecule has 0 bridgehead atoms. The standard InChI is InChI=1S/C22H21F3N2O4/c1-29-17-7-6-14(12-18(17)31-22(24)25)10-11-26-20(28)8-9-21-27-13-19(30-21)15-4-2-3-5-16(15)23/h2-7,12-13,22H,8-11H2,1H3,(H,26,28). The van der Waals surface area contributed by atoms with Crippen LogP contribution in [-0.4, -0.2) is 31.2 Å². The predicted molar refractivity (Wildman–Crippen MR) is 107 cm³/mol. The molecule has 31 heavy (non-hydrogen) atoms. The molecule has 9 heteroatoms. The third kappa shape index (κ3) is 6.24. The first-order chi connectivity index (χ1) is 15.0. The van der Waals surface area contributed by atoms with Gasteiger partial charge >= 0.3 is 6.61 Å². The van der Waals surface area contributed by atoms with Crippen LogP contribution in [0.15, 0.2) is 53.1 Å². The van der Waals surface area contributed by atoms with E-state index >= 15 is 0 Å². The molecule has 1 N–H and O–H groups in total. The molecule has 0 spiro atoms. The number of carbonyl (C=O) groups excluding carboxylic acids is 1. The van der Waals surface area contributed by atoms with E-state index in [4.69, 9.17) is 9.15 Å². The lowest BCUT2D eigenvalue weighted by atomic mass is 10.1. The minimum atomic E-state index is -2.96. The number of amides is 1. The van der Waals surface area contributed by atoms with Crippen LogP contribution in [0.3, 0.4) is 0 Å².